The van der Waals surface area contributed by atoms with Crippen LogP contribution in [-0.4, -0.2) is 26.0 Å². The van der Waals surface area contributed by atoms with E-state index in [9.17, 15) is 4.79 Å². The van der Waals surface area contributed by atoms with Gasteiger partial charge in [-0.1, -0.05) is 6.07 Å². The number of carbonyl (C=O) groups excluding carboxylic acids is 1. The lowest BCUT2D eigenvalue weighted by Gasteiger charge is -2.23. The zero-order valence-corrected chi connectivity index (χ0v) is 11.4. The lowest BCUT2D eigenvalue weighted by molar-refractivity contribution is 0.0892. The third-order valence-electron chi connectivity index (χ3n) is 3.86. The maximum Gasteiger partial charge on any atom is 0.169 e. The van der Waals surface area contributed by atoms with Crippen LogP contribution in [0.2, 0.25) is 0 Å². The SMILES string of the molecule is COc1c(C(=O)C2CCNCC2)ccc(C)c1C. The standard InChI is InChI=1S/C15H21NO2/c1-10-4-5-13(15(18-3)11(10)2)14(17)12-6-8-16-9-7-12/h4-5,12,16H,6-9H2,1-3H3. The fraction of sp³-hybridized carbons (Fsp3) is 0.533. The molecule has 0 spiro atoms. The van der Waals surface area contributed by atoms with Crippen LogP contribution in [0.15, 0.2) is 12.1 Å². The number of methoxy groups -OCH3 is 1. The molecule has 1 heterocycles. The van der Waals surface area contributed by atoms with E-state index in [4.69, 9.17) is 4.74 Å². The van der Waals surface area contributed by atoms with E-state index in [2.05, 4.69) is 5.32 Å². The number of nitrogens with one attached hydrogen (secondary N) is 1. The summed E-state index contributed by atoms with van der Waals surface area (Å²) in [5.74, 6) is 1.12. The topological polar surface area (TPSA) is 38.3 Å². The molecule has 1 saturated heterocycles. The molecule has 0 aliphatic carbocycles. The van der Waals surface area contributed by atoms with Gasteiger partial charge in [0.1, 0.15) is 5.75 Å². The van der Waals surface area contributed by atoms with Crippen LogP contribution in [0.4, 0.5) is 0 Å². The van der Waals surface area contributed by atoms with Crippen molar-refractivity contribution in [2.75, 3.05) is 20.2 Å². The van der Waals surface area contributed by atoms with Crippen LogP contribution in [0.5, 0.6) is 5.75 Å². The Balaban J connectivity index is 2.32. The highest BCUT2D eigenvalue weighted by atomic mass is 16.5. The molecular weight excluding hydrogens is 226 g/mol. The molecule has 2 rings (SSSR count). The molecule has 3 nitrogen and oxygen atoms in total. The fourth-order valence-electron chi connectivity index (χ4n) is 2.55. The highest BCUT2D eigenvalue weighted by Gasteiger charge is 2.25. The quantitative estimate of drug-likeness (QED) is 0.834. The predicted octanol–water partition coefficient (Wildman–Crippen LogP) is 2.49. The van der Waals surface area contributed by atoms with E-state index < -0.39 is 0 Å². The number of rotatable bonds is 3. The Morgan fingerprint density at radius 2 is 1.94 bits per heavy atom. The average Bonchev–Trinajstić information content (AvgIpc) is 2.42. The number of benzene rings is 1. The van der Waals surface area contributed by atoms with Crippen molar-refractivity contribution in [3.63, 3.8) is 0 Å². The van der Waals surface area contributed by atoms with Crippen molar-refractivity contribution in [1.82, 2.24) is 5.32 Å². The summed E-state index contributed by atoms with van der Waals surface area (Å²) in [5, 5.41) is 3.29. The van der Waals surface area contributed by atoms with Gasteiger partial charge in [-0.2, -0.15) is 0 Å². The minimum absolute atomic E-state index is 0.141. The lowest BCUT2D eigenvalue weighted by atomic mass is 9.88. The second-order valence-corrected chi connectivity index (χ2v) is 4.98. The Morgan fingerprint density at radius 1 is 1.28 bits per heavy atom. The van der Waals surface area contributed by atoms with E-state index in [1.807, 2.05) is 26.0 Å². The van der Waals surface area contributed by atoms with Crippen LogP contribution in [-0.2, 0) is 0 Å². The molecule has 0 bridgehead atoms. The summed E-state index contributed by atoms with van der Waals surface area (Å²) in [7, 11) is 1.64. The van der Waals surface area contributed by atoms with Crippen molar-refractivity contribution in [2.24, 2.45) is 5.92 Å². The molecule has 0 saturated carbocycles. The monoisotopic (exact) mass is 247 g/mol. The highest BCUT2D eigenvalue weighted by molar-refractivity contribution is 6.00. The molecule has 0 radical (unpaired) electrons. The zero-order valence-electron chi connectivity index (χ0n) is 11.4. The summed E-state index contributed by atoms with van der Waals surface area (Å²) in [6.07, 6.45) is 1.85. The smallest absolute Gasteiger partial charge is 0.169 e. The van der Waals surface area contributed by atoms with Gasteiger partial charge in [0, 0.05) is 5.92 Å². The molecule has 1 N–H and O–H groups in total. The molecule has 1 fully saturated rings. The number of ether oxygens (including phenoxy) is 1. The number of hydrogen-bond acceptors (Lipinski definition) is 3. The maximum absolute atomic E-state index is 12.5. The maximum atomic E-state index is 12.5. The number of hydrogen-bond donors (Lipinski definition) is 1. The number of ketones is 1. The van der Waals surface area contributed by atoms with Crippen molar-refractivity contribution < 1.29 is 9.53 Å². The third-order valence-corrected chi connectivity index (χ3v) is 3.86. The summed E-state index contributed by atoms with van der Waals surface area (Å²) in [6, 6.07) is 3.91. The number of carbonyl (C=O) groups is 1. The first kappa shape index (κ1) is 13.1. The number of aryl methyl sites for hydroxylation is 1. The molecule has 0 atom stereocenters. The minimum Gasteiger partial charge on any atom is -0.496 e. The highest BCUT2D eigenvalue weighted by Crippen LogP contribution is 2.30. The van der Waals surface area contributed by atoms with E-state index in [0.29, 0.717) is 0 Å². The minimum atomic E-state index is 0.141. The zero-order chi connectivity index (χ0) is 13.1. The molecule has 1 aromatic carbocycles. The first-order valence-corrected chi connectivity index (χ1v) is 6.54. The molecular formula is C15H21NO2. The Morgan fingerprint density at radius 3 is 2.56 bits per heavy atom. The largest absolute Gasteiger partial charge is 0.496 e. The molecule has 0 amide bonds. The van der Waals surface area contributed by atoms with E-state index >= 15 is 0 Å². The normalized spacial score (nSPS) is 16.6. The van der Waals surface area contributed by atoms with Crippen LogP contribution in [0.3, 0.4) is 0 Å². The van der Waals surface area contributed by atoms with Gasteiger partial charge in [-0.25, -0.2) is 0 Å². The molecule has 1 aromatic rings. The molecule has 3 heteroatoms. The fourth-order valence-corrected chi connectivity index (χ4v) is 2.55. The Hall–Kier alpha value is -1.35. The van der Waals surface area contributed by atoms with Crippen LogP contribution in [0.25, 0.3) is 0 Å². The van der Waals surface area contributed by atoms with Gasteiger partial charge in [0.2, 0.25) is 0 Å². The second kappa shape index (κ2) is 5.53. The van der Waals surface area contributed by atoms with Gasteiger partial charge in [0.25, 0.3) is 0 Å². The van der Waals surface area contributed by atoms with Gasteiger partial charge < -0.3 is 10.1 Å². The summed E-state index contributed by atoms with van der Waals surface area (Å²) in [6.45, 7) is 5.91. The van der Waals surface area contributed by atoms with Crippen molar-refractivity contribution in [3.05, 3.63) is 28.8 Å². The van der Waals surface area contributed by atoms with E-state index in [-0.39, 0.29) is 11.7 Å². The van der Waals surface area contributed by atoms with Crippen molar-refractivity contribution in [1.29, 1.82) is 0 Å². The van der Waals surface area contributed by atoms with E-state index in [0.717, 1.165) is 48.4 Å². The Labute approximate surface area is 109 Å². The molecule has 0 aromatic heterocycles. The van der Waals surface area contributed by atoms with E-state index in [1.165, 1.54) is 0 Å². The Kier molecular flexibility index (Phi) is 4.02. The Bertz CT molecular complexity index is 448. The average molecular weight is 247 g/mol. The first-order valence-electron chi connectivity index (χ1n) is 6.54. The molecule has 18 heavy (non-hydrogen) atoms. The first-order chi connectivity index (χ1) is 8.65. The second-order valence-electron chi connectivity index (χ2n) is 4.98. The summed E-state index contributed by atoms with van der Waals surface area (Å²) in [4.78, 5) is 12.5. The lowest BCUT2D eigenvalue weighted by Crippen LogP contribution is -2.32. The van der Waals surface area contributed by atoms with Gasteiger partial charge in [0.05, 0.1) is 12.7 Å². The van der Waals surface area contributed by atoms with Crippen molar-refractivity contribution in [3.8, 4) is 5.75 Å². The molecule has 1 aliphatic heterocycles. The molecule has 0 unspecified atom stereocenters. The van der Waals surface area contributed by atoms with Crippen LogP contribution >= 0.6 is 0 Å². The van der Waals surface area contributed by atoms with Gasteiger partial charge >= 0.3 is 0 Å². The molecule has 98 valence electrons. The van der Waals surface area contributed by atoms with Crippen LogP contribution in [0.1, 0.15) is 34.3 Å². The van der Waals surface area contributed by atoms with E-state index in [1.54, 1.807) is 7.11 Å². The van der Waals surface area contributed by atoms with Crippen LogP contribution < -0.4 is 10.1 Å². The number of Topliss-reactive ketones (excluding diaryl/α,β-unsaturated/α-hetero) is 1. The van der Waals surface area contributed by atoms with Crippen molar-refractivity contribution in [2.45, 2.75) is 26.7 Å². The summed E-state index contributed by atoms with van der Waals surface area (Å²) >= 11 is 0. The van der Waals surface area contributed by atoms with Gasteiger partial charge in [-0.15, -0.1) is 0 Å². The van der Waals surface area contributed by atoms with Gasteiger partial charge in [-0.05, 0) is 57.0 Å². The van der Waals surface area contributed by atoms with Crippen LogP contribution in [0, 0.1) is 19.8 Å². The van der Waals surface area contributed by atoms with Crippen molar-refractivity contribution >= 4 is 5.78 Å². The molecule has 1 aliphatic rings. The van der Waals surface area contributed by atoms with Gasteiger partial charge in [0.15, 0.2) is 5.78 Å². The number of piperidine rings is 1. The van der Waals surface area contributed by atoms with Gasteiger partial charge in [-0.3, -0.25) is 4.79 Å². The summed E-state index contributed by atoms with van der Waals surface area (Å²) < 4.78 is 5.43. The summed E-state index contributed by atoms with van der Waals surface area (Å²) in [5.41, 5.74) is 2.97. The third kappa shape index (κ3) is 2.41. The predicted molar refractivity (Wildman–Crippen MR) is 72.4 cm³/mol.